The van der Waals surface area contributed by atoms with Crippen molar-refractivity contribution in [1.29, 1.82) is 0 Å². The average molecular weight is 244 g/mol. The summed E-state index contributed by atoms with van der Waals surface area (Å²) >= 11 is 0. The Balaban J connectivity index is 2.61. The second-order valence-electron chi connectivity index (χ2n) is 4.38. The standard InChI is InChI=1S/C15H16O3/c1-9-5-12-6-10(2)15(18-11(3)16)8-13(12)7-14(9)17-4/h5-8H,1-4H3. The first-order valence-electron chi connectivity index (χ1n) is 5.78. The molecule has 0 radical (unpaired) electrons. The summed E-state index contributed by atoms with van der Waals surface area (Å²) in [6.45, 7) is 5.34. The predicted molar refractivity (Wildman–Crippen MR) is 71.3 cm³/mol. The second-order valence-corrected chi connectivity index (χ2v) is 4.38. The van der Waals surface area contributed by atoms with Gasteiger partial charge in [-0.2, -0.15) is 0 Å². The van der Waals surface area contributed by atoms with Gasteiger partial charge in [0.1, 0.15) is 11.5 Å². The van der Waals surface area contributed by atoms with Crippen LogP contribution in [0.2, 0.25) is 0 Å². The van der Waals surface area contributed by atoms with E-state index in [1.54, 1.807) is 7.11 Å². The Bertz CT molecular complexity index is 615. The van der Waals surface area contributed by atoms with E-state index in [0.717, 1.165) is 27.6 Å². The molecule has 0 aromatic heterocycles. The summed E-state index contributed by atoms with van der Waals surface area (Å²) in [4.78, 5) is 11.0. The lowest BCUT2D eigenvalue weighted by Gasteiger charge is -2.10. The van der Waals surface area contributed by atoms with Crippen LogP contribution in [0.4, 0.5) is 0 Å². The van der Waals surface area contributed by atoms with Crippen LogP contribution in [0, 0.1) is 13.8 Å². The molecule has 2 aromatic rings. The minimum absolute atomic E-state index is 0.309. The van der Waals surface area contributed by atoms with Crippen molar-refractivity contribution in [3.05, 3.63) is 35.4 Å². The largest absolute Gasteiger partial charge is 0.496 e. The Hall–Kier alpha value is -2.03. The number of esters is 1. The summed E-state index contributed by atoms with van der Waals surface area (Å²) in [5.74, 6) is 1.12. The third kappa shape index (κ3) is 2.30. The molecule has 0 aliphatic heterocycles. The van der Waals surface area contributed by atoms with E-state index in [1.807, 2.05) is 32.0 Å². The molecule has 2 rings (SSSR count). The molecule has 0 amide bonds. The third-order valence-electron chi connectivity index (χ3n) is 2.90. The van der Waals surface area contributed by atoms with E-state index >= 15 is 0 Å². The number of aryl methyl sites for hydroxylation is 2. The zero-order chi connectivity index (χ0) is 13.3. The van der Waals surface area contributed by atoms with E-state index < -0.39 is 0 Å². The van der Waals surface area contributed by atoms with Crippen LogP contribution in [-0.4, -0.2) is 13.1 Å². The van der Waals surface area contributed by atoms with Gasteiger partial charge < -0.3 is 9.47 Å². The Morgan fingerprint density at radius 3 is 2.00 bits per heavy atom. The molecule has 0 N–H and O–H groups in total. The molecule has 0 aliphatic carbocycles. The average Bonchev–Trinajstić information content (AvgIpc) is 2.29. The van der Waals surface area contributed by atoms with Crippen LogP contribution in [-0.2, 0) is 4.79 Å². The van der Waals surface area contributed by atoms with E-state index in [1.165, 1.54) is 6.92 Å². The fourth-order valence-corrected chi connectivity index (χ4v) is 2.02. The van der Waals surface area contributed by atoms with Gasteiger partial charge in [0, 0.05) is 6.92 Å². The fourth-order valence-electron chi connectivity index (χ4n) is 2.02. The van der Waals surface area contributed by atoms with Crippen molar-refractivity contribution in [2.24, 2.45) is 0 Å². The molecule has 18 heavy (non-hydrogen) atoms. The molecule has 3 nitrogen and oxygen atoms in total. The summed E-state index contributed by atoms with van der Waals surface area (Å²) in [6, 6.07) is 7.91. The van der Waals surface area contributed by atoms with Gasteiger partial charge in [-0.05, 0) is 60.0 Å². The highest BCUT2D eigenvalue weighted by molar-refractivity contribution is 5.88. The van der Waals surface area contributed by atoms with Crippen molar-refractivity contribution < 1.29 is 14.3 Å². The SMILES string of the molecule is COc1cc2cc(OC(C)=O)c(C)cc2cc1C. The Labute approximate surface area is 106 Å². The fraction of sp³-hybridized carbons (Fsp3) is 0.267. The molecule has 0 spiro atoms. The molecule has 2 aromatic carbocycles. The lowest BCUT2D eigenvalue weighted by atomic mass is 10.0. The number of ether oxygens (including phenoxy) is 2. The Kier molecular flexibility index (Phi) is 3.24. The van der Waals surface area contributed by atoms with Gasteiger partial charge in [0.05, 0.1) is 7.11 Å². The zero-order valence-corrected chi connectivity index (χ0v) is 11.0. The van der Waals surface area contributed by atoms with Gasteiger partial charge in [-0.1, -0.05) is 0 Å². The van der Waals surface area contributed by atoms with Gasteiger partial charge in [-0.15, -0.1) is 0 Å². The van der Waals surface area contributed by atoms with Gasteiger partial charge in [0.2, 0.25) is 0 Å². The predicted octanol–water partition coefficient (Wildman–Crippen LogP) is 3.39. The van der Waals surface area contributed by atoms with Gasteiger partial charge in [-0.25, -0.2) is 0 Å². The Morgan fingerprint density at radius 1 is 0.944 bits per heavy atom. The van der Waals surface area contributed by atoms with Crippen LogP contribution in [0.1, 0.15) is 18.1 Å². The first-order valence-corrected chi connectivity index (χ1v) is 5.78. The van der Waals surface area contributed by atoms with Gasteiger partial charge in [0.15, 0.2) is 0 Å². The van der Waals surface area contributed by atoms with E-state index in [0.29, 0.717) is 5.75 Å². The molecule has 0 saturated carbocycles. The van der Waals surface area contributed by atoms with Crippen LogP contribution in [0.3, 0.4) is 0 Å². The normalized spacial score (nSPS) is 10.4. The molecule has 0 heterocycles. The van der Waals surface area contributed by atoms with Crippen LogP contribution in [0.5, 0.6) is 11.5 Å². The van der Waals surface area contributed by atoms with Crippen molar-refractivity contribution in [2.75, 3.05) is 7.11 Å². The maximum atomic E-state index is 11.0. The van der Waals surface area contributed by atoms with Crippen molar-refractivity contribution >= 4 is 16.7 Å². The highest BCUT2D eigenvalue weighted by Crippen LogP contribution is 2.30. The molecule has 0 atom stereocenters. The van der Waals surface area contributed by atoms with Crippen LogP contribution >= 0.6 is 0 Å². The van der Waals surface area contributed by atoms with E-state index in [-0.39, 0.29) is 5.97 Å². The summed E-state index contributed by atoms with van der Waals surface area (Å²) in [5, 5.41) is 2.11. The van der Waals surface area contributed by atoms with Crippen LogP contribution < -0.4 is 9.47 Å². The van der Waals surface area contributed by atoms with Crippen molar-refractivity contribution in [3.63, 3.8) is 0 Å². The van der Waals surface area contributed by atoms with Crippen LogP contribution in [0.25, 0.3) is 10.8 Å². The molecule has 3 heteroatoms. The lowest BCUT2D eigenvalue weighted by molar-refractivity contribution is -0.131. The number of carbonyl (C=O) groups is 1. The van der Waals surface area contributed by atoms with Crippen LogP contribution in [0.15, 0.2) is 24.3 Å². The van der Waals surface area contributed by atoms with Crippen molar-refractivity contribution in [2.45, 2.75) is 20.8 Å². The summed E-state index contributed by atoms with van der Waals surface area (Å²) in [7, 11) is 1.65. The molecule has 0 fully saturated rings. The topological polar surface area (TPSA) is 35.5 Å². The number of methoxy groups -OCH3 is 1. The lowest BCUT2D eigenvalue weighted by Crippen LogP contribution is -2.02. The maximum Gasteiger partial charge on any atom is 0.308 e. The molecule has 0 saturated heterocycles. The summed E-state index contributed by atoms with van der Waals surface area (Å²) < 4.78 is 10.5. The summed E-state index contributed by atoms with van der Waals surface area (Å²) in [6.07, 6.45) is 0. The maximum absolute atomic E-state index is 11.0. The van der Waals surface area contributed by atoms with Gasteiger partial charge in [0.25, 0.3) is 0 Å². The number of carbonyl (C=O) groups excluding carboxylic acids is 1. The minimum atomic E-state index is -0.309. The first kappa shape index (κ1) is 12.4. The summed E-state index contributed by atoms with van der Waals surface area (Å²) in [5.41, 5.74) is 2.03. The van der Waals surface area contributed by atoms with Crippen molar-refractivity contribution in [1.82, 2.24) is 0 Å². The zero-order valence-electron chi connectivity index (χ0n) is 11.0. The van der Waals surface area contributed by atoms with Gasteiger partial charge >= 0.3 is 5.97 Å². The minimum Gasteiger partial charge on any atom is -0.496 e. The molecule has 94 valence electrons. The Morgan fingerprint density at radius 2 is 1.44 bits per heavy atom. The second kappa shape index (κ2) is 4.69. The molecule has 0 unspecified atom stereocenters. The first-order chi connectivity index (χ1) is 8.51. The van der Waals surface area contributed by atoms with E-state index in [4.69, 9.17) is 9.47 Å². The number of hydrogen-bond acceptors (Lipinski definition) is 3. The molecule has 0 bridgehead atoms. The number of hydrogen-bond donors (Lipinski definition) is 0. The molecule has 0 aliphatic rings. The third-order valence-corrected chi connectivity index (χ3v) is 2.90. The number of benzene rings is 2. The highest BCUT2D eigenvalue weighted by Gasteiger charge is 2.07. The number of fused-ring (bicyclic) bond motifs is 1. The van der Waals surface area contributed by atoms with E-state index in [2.05, 4.69) is 6.07 Å². The monoisotopic (exact) mass is 244 g/mol. The van der Waals surface area contributed by atoms with Gasteiger partial charge in [-0.3, -0.25) is 4.79 Å². The smallest absolute Gasteiger partial charge is 0.308 e. The molecular formula is C15H16O3. The molecular weight excluding hydrogens is 228 g/mol. The highest BCUT2D eigenvalue weighted by atomic mass is 16.5. The van der Waals surface area contributed by atoms with E-state index in [9.17, 15) is 4.79 Å². The van der Waals surface area contributed by atoms with Crippen molar-refractivity contribution in [3.8, 4) is 11.5 Å². The quantitative estimate of drug-likeness (QED) is 0.600. The number of rotatable bonds is 2.